The fourth-order valence-electron chi connectivity index (χ4n) is 4.31. The molecular formula is C27H32N4O3. The molecular weight excluding hydrogens is 428 g/mol. The smallest absolute Gasteiger partial charge is 0.271 e. The van der Waals surface area contributed by atoms with Gasteiger partial charge in [0.2, 0.25) is 5.91 Å². The Bertz CT molecular complexity index is 1140. The summed E-state index contributed by atoms with van der Waals surface area (Å²) in [5.74, 6) is 1.60. The third-order valence-electron chi connectivity index (χ3n) is 6.39. The first kappa shape index (κ1) is 23.5. The molecule has 0 spiro atoms. The van der Waals surface area contributed by atoms with E-state index >= 15 is 0 Å². The number of nitrogens with zero attached hydrogens (tertiary/aromatic N) is 3. The van der Waals surface area contributed by atoms with Crippen LogP contribution in [0.25, 0.3) is 5.69 Å². The monoisotopic (exact) mass is 460 g/mol. The first-order chi connectivity index (χ1) is 16.5. The van der Waals surface area contributed by atoms with Gasteiger partial charge >= 0.3 is 0 Å². The second-order valence-corrected chi connectivity index (χ2v) is 8.83. The number of carbonyl (C=O) groups is 1. The summed E-state index contributed by atoms with van der Waals surface area (Å²) in [5.41, 5.74) is 1.79. The summed E-state index contributed by atoms with van der Waals surface area (Å²) in [6.45, 7) is 3.52. The van der Waals surface area contributed by atoms with Gasteiger partial charge in [-0.05, 0) is 68.5 Å². The van der Waals surface area contributed by atoms with E-state index in [2.05, 4.69) is 34.4 Å². The first-order valence-corrected chi connectivity index (χ1v) is 11.9. The van der Waals surface area contributed by atoms with Crippen LogP contribution in [0.1, 0.15) is 31.7 Å². The summed E-state index contributed by atoms with van der Waals surface area (Å²) in [5, 5.41) is 7.77. The molecule has 3 aromatic rings. The first-order valence-electron chi connectivity index (χ1n) is 11.9. The van der Waals surface area contributed by atoms with Gasteiger partial charge in [-0.3, -0.25) is 9.59 Å². The lowest BCUT2D eigenvalue weighted by Gasteiger charge is -2.32. The van der Waals surface area contributed by atoms with Crippen molar-refractivity contribution in [1.29, 1.82) is 0 Å². The van der Waals surface area contributed by atoms with Crippen molar-refractivity contribution in [3.63, 3.8) is 0 Å². The lowest BCUT2D eigenvalue weighted by Crippen LogP contribution is -2.43. The van der Waals surface area contributed by atoms with Gasteiger partial charge in [-0.1, -0.05) is 30.3 Å². The number of carbonyl (C=O) groups excluding carboxylic acids is 1. The van der Waals surface area contributed by atoms with Crippen molar-refractivity contribution >= 4 is 11.7 Å². The van der Waals surface area contributed by atoms with E-state index < -0.39 is 0 Å². The lowest BCUT2D eigenvalue weighted by atomic mass is 9.95. The van der Waals surface area contributed by atoms with Gasteiger partial charge in [-0.25, -0.2) is 0 Å². The van der Waals surface area contributed by atoms with Crippen molar-refractivity contribution in [2.24, 2.45) is 5.92 Å². The maximum Gasteiger partial charge on any atom is 0.271 e. The van der Waals surface area contributed by atoms with Crippen LogP contribution in [0, 0.1) is 5.92 Å². The van der Waals surface area contributed by atoms with Crippen LogP contribution in [0.2, 0.25) is 0 Å². The predicted octanol–water partition coefficient (Wildman–Crippen LogP) is 3.60. The molecule has 1 saturated heterocycles. The molecule has 2 heterocycles. The zero-order valence-corrected chi connectivity index (χ0v) is 19.8. The van der Waals surface area contributed by atoms with Gasteiger partial charge < -0.3 is 15.0 Å². The molecule has 1 atom stereocenters. The van der Waals surface area contributed by atoms with Crippen LogP contribution in [-0.4, -0.2) is 41.9 Å². The lowest BCUT2D eigenvalue weighted by molar-refractivity contribution is -0.126. The van der Waals surface area contributed by atoms with E-state index in [9.17, 15) is 9.59 Å². The molecule has 1 aliphatic rings. The van der Waals surface area contributed by atoms with Gasteiger partial charge in [-0.15, -0.1) is 5.10 Å². The zero-order chi connectivity index (χ0) is 23.9. The molecule has 0 saturated carbocycles. The van der Waals surface area contributed by atoms with Crippen LogP contribution >= 0.6 is 0 Å². The number of rotatable bonds is 8. The molecule has 0 bridgehead atoms. The number of hydrogen-bond acceptors (Lipinski definition) is 5. The fraction of sp³-hybridized carbons (Fsp3) is 0.370. The van der Waals surface area contributed by atoms with Crippen molar-refractivity contribution < 1.29 is 9.53 Å². The Labute approximate surface area is 200 Å². The molecule has 2 aromatic carbocycles. The maximum atomic E-state index is 12.8. The third-order valence-corrected chi connectivity index (χ3v) is 6.39. The molecule has 7 nitrogen and oxygen atoms in total. The molecule has 7 heteroatoms. The van der Waals surface area contributed by atoms with E-state index in [1.807, 2.05) is 30.3 Å². The van der Waals surface area contributed by atoms with E-state index in [4.69, 9.17) is 4.74 Å². The van der Waals surface area contributed by atoms with Crippen LogP contribution in [0.5, 0.6) is 5.75 Å². The topological polar surface area (TPSA) is 76.5 Å². The number of benzene rings is 2. The highest BCUT2D eigenvalue weighted by Gasteiger charge is 2.26. The molecule has 34 heavy (non-hydrogen) atoms. The molecule has 1 fully saturated rings. The number of anilines is 1. The Hall–Kier alpha value is -3.61. The number of amides is 1. The molecule has 1 aromatic heterocycles. The summed E-state index contributed by atoms with van der Waals surface area (Å²) < 4.78 is 6.60. The van der Waals surface area contributed by atoms with Crippen LogP contribution in [0.4, 0.5) is 5.82 Å². The van der Waals surface area contributed by atoms with Crippen LogP contribution < -0.4 is 20.5 Å². The summed E-state index contributed by atoms with van der Waals surface area (Å²) in [4.78, 5) is 27.3. The Balaban J connectivity index is 1.31. The van der Waals surface area contributed by atoms with E-state index in [0.717, 1.165) is 50.3 Å². The summed E-state index contributed by atoms with van der Waals surface area (Å²) in [6, 6.07) is 21.0. The van der Waals surface area contributed by atoms with Crippen molar-refractivity contribution in [2.45, 2.75) is 38.6 Å². The highest BCUT2D eigenvalue weighted by molar-refractivity contribution is 5.79. The minimum Gasteiger partial charge on any atom is -0.497 e. The van der Waals surface area contributed by atoms with Crippen molar-refractivity contribution in [3.05, 3.63) is 82.6 Å². The van der Waals surface area contributed by atoms with Gasteiger partial charge in [0.1, 0.15) is 11.6 Å². The number of aromatic nitrogens is 2. The highest BCUT2D eigenvalue weighted by atomic mass is 16.5. The normalized spacial score (nSPS) is 15.1. The van der Waals surface area contributed by atoms with E-state index in [0.29, 0.717) is 5.69 Å². The molecule has 1 N–H and O–H groups in total. The number of aryl methyl sites for hydroxylation is 1. The minimum atomic E-state index is -0.187. The quantitative estimate of drug-likeness (QED) is 0.556. The fourth-order valence-corrected chi connectivity index (χ4v) is 4.31. The van der Waals surface area contributed by atoms with E-state index in [1.54, 1.807) is 31.4 Å². The molecule has 178 valence electrons. The second kappa shape index (κ2) is 11.0. The molecule has 0 aliphatic carbocycles. The standard InChI is InChI=1S/C27H32N4O3/c1-20(8-9-21-6-4-3-5-7-21)28-27(33)22-16-18-30(19-17-22)25-14-15-26(32)31(29-25)23-10-12-24(34-2)13-11-23/h3-7,10-15,20,22H,8-9,16-19H2,1-2H3,(H,28,33)/t20-/m0/s1. The molecule has 4 rings (SSSR count). The van der Waals surface area contributed by atoms with Gasteiger partial charge in [-0.2, -0.15) is 4.68 Å². The minimum absolute atomic E-state index is 0.00270. The average Bonchev–Trinajstić information content (AvgIpc) is 2.88. The largest absolute Gasteiger partial charge is 0.497 e. The molecule has 0 unspecified atom stereocenters. The van der Waals surface area contributed by atoms with Crippen molar-refractivity contribution in [2.75, 3.05) is 25.1 Å². The van der Waals surface area contributed by atoms with Gasteiger partial charge in [0.15, 0.2) is 0 Å². The SMILES string of the molecule is COc1ccc(-n2nc(N3CCC(C(=O)N[C@@H](C)CCc4ccccc4)CC3)ccc2=O)cc1. The zero-order valence-electron chi connectivity index (χ0n) is 19.8. The Morgan fingerprint density at radius 2 is 1.76 bits per heavy atom. The number of nitrogens with one attached hydrogen (secondary N) is 1. The van der Waals surface area contributed by atoms with Crippen molar-refractivity contribution in [3.8, 4) is 11.4 Å². The van der Waals surface area contributed by atoms with Crippen LogP contribution in [-0.2, 0) is 11.2 Å². The van der Waals surface area contributed by atoms with E-state index in [1.165, 1.54) is 10.2 Å². The molecule has 1 aliphatic heterocycles. The Morgan fingerprint density at radius 3 is 2.44 bits per heavy atom. The molecule has 0 radical (unpaired) electrons. The van der Waals surface area contributed by atoms with Gasteiger partial charge in [0.05, 0.1) is 12.8 Å². The average molecular weight is 461 g/mol. The predicted molar refractivity (Wildman–Crippen MR) is 134 cm³/mol. The Morgan fingerprint density at radius 1 is 1.06 bits per heavy atom. The maximum absolute atomic E-state index is 12.8. The number of methoxy groups -OCH3 is 1. The summed E-state index contributed by atoms with van der Waals surface area (Å²) in [7, 11) is 1.61. The molecule has 1 amide bonds. The summed E-state index contributed by atoms with van der Waals surface area (Å²) in [6.07, 6.45) is 3.41. The highest BCUT2D eigenvalue weighted by Crippen LogP contribution is 2.22. The van der Waals surface area contributed by atoms with Crippen LogP contribution in [0.15, 0.2) is 71.5 Å². The van der Waals surface area contributed by atoms with Gasteiger partial charge in [0, 0.05) is 31.1 Å². The second-order valence-electron chi connectivity index (χ2n) is 8.83. The number of ether oxygens (including phenoxy) is 1. The number of hydrogen-bond donors (Lipinski definition) is 1. The van der Waals surface area contributed by atoms with Crippen molar-refractivity contribution in [1.82, 2.24) is 15.1 Å². The number of piperidine rings is 1. The Kier molecular flexibility index (Phi) is 7.62. The van der Waals surface area contributed by atoms with Gasteiger partial charge in [0.25, 0.3) is 5.56 Å². The summed E-state index contributed by atoms with van der Waals surface area (Å²) >= 11 is 0. The van der Waals surface area contributed by atoms with E-state index in [-0.39, 0.29) is 23.4 Å². The third kappa shape index (κ3) is 5.84. The van der Waals surface area contributed by atoms with Crippen LogP contribution in [0.3, 0.4) is 0 Å².